The largest absolute Gasteiger partial charge is 0.484 e. The van der Waals surface area contributed by atoms with Crippen LogP contribution in [0.1, 0.15) is 18.0 Å². The number of nitrogens with zero attached hydrogens (tertiary/aromatic N) is 1. The minimum absolute atomic E-state index is 0.0671. The molecule has 0 bridgehead atoms. The number of rotatable bonds is 4. The summed E-state index contributed by atoms with van der Waals surface area (Å²) in [6.07, 6.45) is -0.615. The van der Waals surface area contributed by atoms with Gasteiger partial charge in [0, 0.05) is 12.1 Å². The minimum Gasteiger partial charge on any atom is -0.484 e. The Morgan fingerprint density at radius 3 is 2.71 bits per heavy atom. The highest BCUT2D eigenvalue weighted by Crippen LogP contribution is 2.34. The van der Waals surface area contributed by atoms with E-state index in [9.17, 15) is 18.7 Å². The van der Waals surface area contributed by atoms with Crippen LogP contribution >= 0.6 is 0 Å². The molecule has 2 unspecified atom stereocenters. The molecule has 2 aromatic rings. The molecule has 1 heterocycles. The molecule has 0 aliphatic carbocycles. The van der Waals surface area contributed by atoms with Crippen molar-refractivity contribution in [3.63, 3.8) is 0 Å². The van der Waals surface area contributed by atoms with Crippen LogP contribution in [-0.4, -0.2) is 35.2 Å². The first-order valence-electron chi connectivity index (χ1n) is 7.65. The summed E-state index contributed by atoms with van der Waals surface area (Å²) in [4.78, 5) is 13.8. The first-order valence-corrected chi connectivity index (χ1v) is 7.65. The van der Waals surface area contributed by atoms with Gasteiger partial charge < -0.3 is 14.7 Å². The molecule has 6 heteroatoms. The lowest BCUT2D eigenvalue weighted by atomic mass is 10.0. The second-order valence-electron chi connectivity index (χ2n) is 5.72. The number of carbonyl (C=O) groups excluding carboxylic acids is 1. The minimum atomic E-state index is -0.779. The number of amides is 1. The third kappa shape index (κ3) is 3.54. The van der Waals surface area contributed by atoms with Crippen LogP contribution in [0, 0.1) is 11.6 Å². The zero-order chi connectivity index (χ0) is 17.1. The summed E-state index contributed by atoms with van der Waals surface area (Å²) in [5.41, 5.74) is 0.0691. The number of ether oxygens (including phenoxy) is 1. The Morgan fingerprint density at radius 2 is 1.96 bits per heavy atom. The van der Waals surface area contributed by atoms with Gasteiger partial charge in [0.05, 0.1) is 12.1 Å². The average molecular weight is 333 g/mol. The van der Waals surface area contributed by atoms with E-state index in [-0.39, 0.29) is 31.0 Å². The van der Waals surface area contributed by atoms with Crippen molar-refractivity contribution in [1.29, 1.82) is 0 Å². The molecule has 2 atom stereocenters. The standard InChI is InChI=1S/C18H17F2NO3/c19-12-6-7-16(20)15(8-12)17-9-13(22)10-21(17)18(23)11-24-14-4-2-1-3-5-14/h1-8,13,17,22H,9-11H2. The van der Waals surface area contributed by atoms with E-state index in [4.69, 9.17) is 4.74 Å². The summed E-state index contributed by atoms with van der Waals surface area (Å²) in [5, 5.41) is 9.87. The van der Waals surface area contributed by atoms with Gasteiger partial charge in [-0.1, -0.05) is 18.2 Å². The predicted octanol–water partition coefficient (Wildman–Crippen LogP) is 2.68. The van der Waals surface area contributed by atoms with Gasteiger partial charge in [-0.3, -0.25) is 4.79 Å². The maximum absolute atomic E-state index is 14.0. The van der Waals surface area contributed by atoms with Crippen LogP contribution < -0.4 is 4.74 Å². The number of hydrogen-bond donors (Lipinski definition) is 1. The molecular formula is C18H17F2NO3. The number of hydrogen-bond acceptors (Lipinski definition) is 3. The number of carbonyl (C=O) groups is 1. The number of halogens is 2. The molecule has 4 nitrogen and oxygen atoms in total. The van der Waals surface area contributed by atoms with Gasteiger partial charge in [0.1, 0.15) is 17.4 Å². The Balaban J connectivity index is 1.75. The fraction of sp³-hybridized carbons (Fsp3) is 0.278. The van der Waals surface area contributed by atoms with Crippen molar-refractivity contribution >= 4 is 5.91 Å². The van der Waals surface area contributed by atoms with Gasteiger partial charge in [-0.2, -0.15) is 0 Å². The van der Waals surface area contributed by atoms with Gasteiger partial charge in [-0.15, -0.1) is 0 Å². The highest BCUT2D eigenvalue weighted by Gasteiger charge is 2.36. The van der Waals surface area contributed by atoms with E-state index < -0.39 is 23.8 Å². The molecule has 1 aliphatic heterocycles. The molecule has 1 amide bonds. The molecule has 1 N–H and O–H groups in total. The highest BCUT2D eigenvalue weighted by molar-refractivity contribution is 5.78. The van der Waals surface area contributed by atoms with E-state index in [1.54, 1.807) is 24.3 Å². The topological polar surface area (TPSA) is 49.8 Å². The Bertz CT molecular complexity index is 723. The third-order valence-electron chi connectivity index (χ3n) is 4.02. The first-order chi connectivity index (χ1) is 11.5. The fourth-order valence-electron chi connectivity index (χ4n) is 2.90. The molecule has 126 valence electrons. The van der Waals surface area contributed by atoms with E-state index >= 15 is 0 Å². The summed E-state index contributed by atoms with van der Waals surface area (Å²) in [6, 6.07) is 11.2. The van der Waals surface area contributed by atoms with Crippen molar-refractivity contribution < 1.29 is 23.4 Å². The summed E-state index contributed by atoms with van der Waals surface area (Å²) in [7, 11) is 0. The molecule has 3 rings (SSSR count). The van der Waals surface area contributed by atoms with Crippen LogP contribution in [0.5, 0.6) is 5.75 Å². The summed E-state index contributed by atoms with van der Waals surface area (Å²) in [5.74, 6) is -1.03. The first kappa shape index (κ1) is 16.4. The summed E-state index contributed by atoms with van der Waals surface area (Å²) >= 11 is 0. The van der Waals surface area contributed by atoms with Gasteiger partial charge >= 0.3 is 0 Å². The van der Waals surface area contributed by atoms with E-state index in [2.05, 4.69) is 0 Å². The van der Waals surface area contributed by atoms with E-state index in [1.807, 2.05) is 6.07 Å². The summed E-state index contributed by atoms with van der Waals surface area (Å²) < 4.78 is 32.9. The summed E-state index contributed by atoms with van der Waals surface area (Å²) in [6.45, 7) is -0.165. The van der Waals surface area contributed by atoms with Crippen LogP contribution in [-0.2, 0) is 4.79 Å². The van der Waals surface area contributed by atoms with E-state index in [1.165, 1.54) is 4.90 Å². The normalized spacial score (nSPS) is 20.2. The molecule has 24 heavy (non-hydrogen) atoms. The third-order valence-corrected chi connectivity index (χ3v) is 4.02. The molecule has 0 spiro atoms. The van der Waals surface area contributed by atoms with Gasteiger partial charge in [0.25, 0.3) is 5.91 Å². The number of likely N-dealkylation sites (tertiary alicyclic amines) is 1. The van der Waals surface area contributed by atoms with Crippen molar-refractivity contribution in [2.24, 2.45) is 0 Å². The van der Waals surface area contributed by atoms with Crippen LogP contribution in [0.4, 0.5) is 8.78 Å². The van der Waals surface area contributed by atoms with Gasteiger partial charge in [-0.05, 0) is 36.8 Å². The predicted molar refractivity (Wildman–Crippen MR) is 83.4 cm³/mol. The van der Waals surface area contributed by atoms with Crippen LogP contribution in [0.15, 0.2) is 48.5 Å². The maximum Gasteiger partial charge on any atom is 0.261 e. The maximum atomic E-state index is 14.0. The number of benzene rings is 2. The monoisotopic (exact) mass is 333 g/mol. The molecule has 0 saturated carbocycles. The van der Waals surface area contributed by atoms with Crippen LogP contribution in [0.25, 0.3) is 0 Å². The zero-order valence-electron chi connectivity index (χ0n) is 12.9. The van der Waals surface area contributed by atoms with Gasteiger partial charge in [0.2, 0.25) is 0 Å². The average Bonchev–Trinajstić information content (AvgIpc) is 2.97. The molecule has 1 aliphatic rings. The molecule has 1 saturated heterocycles. The van der Waals surface area contributed by atoms with Crippen molar-refractivity contribution in [3.05, 3.63) is 65.7 Å². The van der Waals surface area contributed by atoms with Gasteiger partial charge in [-0.25, -0.2) is 8.78 Å². The van der Waals surface area contributed by atoms with Gasteiger partial charge in [0.15, 0.2) is 6.61 Å². The quantitative estimate of drug-likeness (QED) is 0.936. The van der Waals surface area contributed by atoms with Crippen molar-refractivity contribution in [2.45, 2.75) is 18.6 Å². The second kappa shape index (κ2) is 6.97. The fourth-order valence-corrected chi connectivity index (χ4v) is 2.90. The van der Waals surface area contributed by atoms with E-state index in [0.717, 1.165) is 18.2 Å². The van der Waals surface area contributed by atoms with Crippen molar-refractivity contribution in [1.82, 2.24) is 4.90 Å². The van der Waals surface area contributed by atoms with Crippen molar-refractivity contribution in [2.75, 3.05) is 13.2 Å². The van der Waals surface area contributed by atoms with E-state index in [0.29, 0.717) is 5.75 Å². The molecule has 2 aromatic carbocycles. The highest BCUT2D eigenvalue weighted by atomic mass is 19.1. The lowest BCUT2D eigenvalue weighted by Gasteiger charge is -2.25. The smallest absolute Gasteiger partial charge is 0.261 e. The molecule has 1 fully saturated rings. The lowest BCUT2D eigenvalue weighted by Crippen LogP contribution is -2.35. The number of aliphatic hydroxyl groups is 1. The second-order valence-corrected chi connectivity index (χ2v) is 5.72. The number of para-hydroxylation sites is 1. The Morgan fingerprint density at radius 1 is 1.21 bits per heavy atom. The number of β-amino-alcohol motifs (C(OH)–C–C–N with tert-alkyl or cyclic N) is 1. The Kier molecular flexibility index (Phi) is 4.76. The zero-order valence-corrected chi connectivity index (χ0v) is 12.9. The Hall–Kier alpha value is -2.47. The van der Waals surface area contributed by atoms with Crippen LogP contribution in [0.2, 0.25) is 0 Å². The lowest BCUT2D eigenvalue weighted by molar-refractivity contribution is -0.134. The molecule has 0 aromatic heterocycles. The molecule has 0 radical (unpaired) electrons. The SMILES string of the molecule is O=C(COc1ccccc1)N1CC(O)CC1c1cc(F)ccc1F. The number of aliphatic hydroxyl groups excluding tert-OH is 1. The molecular weight excluding hydrogens is 316 g/mol. The van der Waals surface area contributed by atoms with Crippen molar-refractivity contribution in [3.8, 4) is 5.75 Å². The van der Waals surface area contributed by atoms with Crippen LogP contribution in [0.3, 0.4) is 0 Å². The Labute approximate surface area is 138 Å².